The fraction of sp³-hybridized carbons (Fsp3) is 0.364. The first-order valence-electron chi connectivity index (χ1n) is 5.09. The van der Waals surface area contributed by atoms with Crippen LogP contribution in [0.25, 0.3) is 0 Å². The molecule has 0 saturated carbocycles. The van der Waals surface area contributed by atoms with Gasteiger partial charge in [0.05, 0.1) is 7.11 Å². The second-order valence-corrected chi connectivity index (χ2v) is 3.67. The van der Waals surface area contributed by atoms with Crippen LogP contribution in [0.1, 0.15) is 5.56 Å². The van der Waals surface area contributed by atoms with Crippen molar-refractivity contribution in [2.24, 2.45) is 5.73 Å². The van der Waals surface area contributed by atoms with Crippen molar-refractivity contribution in [3.8, 4) is 5.75 Å². The molecule has 0 heterocycles. The van der Waals surface area contributed by atoms with Crippen LogP contribution in [-0.2, 0) is 11.3 Å². The lowest BCUT2D eigenvalue weighted by atomic mass is 10.2. The number of amides is 1. The molecule has 5 nitrogen and oxygen atoms in total. The first kappa shape index (κ1) is 13.6. The second kappa shape index (κ2) is 6.98. The van der Waals surface area contributed by atoms with Gasteiger partial charge in [0.1, 0.15) is 12.4 Å². The third-order valence-corrected chi connectivity index (χ3v) is 2.47. The Hall–Kier alpha value is -1.46. The summed E-state index contributed by atoms with van der Waals surface area (Å²) >= 11 is 6.05. The molecule has 0 atom stereocenters. The number of ether oxygens (including phenoxy) is 2. The van der Waals surface area contributed by atoms with Crippen molar-refractivity contribution in [2.75, 3.05) is 20.3 Å². The maximum Gasteiger partial charge on any atom is 0.404 e. The fourth-order valence-electron chi connectivity index (χ4n) is 1.34. The standard InChI is InChI=1S/C11H15ClN2O3/c1-16-10-4-2-3-9(12)8(10)7-14-5-6-17-11(13)15/h2-4,14H,5-7H2,1H3,(H2,13,15). The lowest BCUT2D eigenvalue weighted by Crippen LogP contribution is -2.23. The molecule has 0 aromatic heterocycles. The average molecular weight is 259 g/mol. The largest absolute Gasteiger partial charge is 0.496 e. The molecule has 94 valence electrons. The number of methoxy groups -OCH3 is 1. The summed E-state index contributed by atoms with van der Waals surface area (Å²) < 4.78 is 9.77. The van der Waals surface area contributed by atoms with Gasteiger partial charge in [-0.1, -0.05) is 17.7 Å². The molecule has 1 amide bonds. The van der Waals surface area contributed by atoms with Crippen LogP contribution >= 0.6 is 11.6 Å². The first-order chi connectivity index (χ1) is 8.15. The molecule has 0 aliphatic heterocycles. The van der Waals surface area contributed by atoms with E-state index < -0.39 is 6.09 Å². The van der Waals surface area contributed by atoms with E-state index in [1.54, 1.807) is 13.2 Å². The second-order valence-electron chi connectivity index (χ2n) is 3.26. The number of carbonyl (C=O) groups excluding carboxylic acids is 1. The highest BCUT2D eigenvalue weighted by atomic mass is 35.5. The molecule has 0 aliphatic rings. The van der Waals surface area contributed by atoms with Gasteiger partial charge in [-0.2, -0.15) is 0 Å². The lowest BCUT2D eigenvalue weighted by Gasteiger charge is -2.11. The highest BCUT2D eigenvalue weighted by Gasteiger charge is 2.06. The van der Waals surface area contributed by atoms with Gasteiger partial charge in [-0.3, -0.25) is 0 Å². The van der Waals surface area contributed by atoms with Crippen molar-refractivity contribution in [1.29, 1.82) is 0 Å². The number of benzene rings is 1. The summed E-state index contributed by atoms with van der Waals surface area (Å²) in [6.45, 7) is 1.25. The van der Waals surface area contributed by atoms with Crippen LogP contribution in [0, 0.1) is 0 Å². The fourth-order valence-corrected chi connectivity index (χ4v) is 1.57. The van der Waals surface area contributed by atoms with Gasteiger partial charge in [-0.25, -0.2) is 4.79 Å². The van der Waals surface area contributed by atoms with Crippen LogP contribution in [0.5, 0.6) is 5.75 Å². The molecular weight excluding hydrogens is 244 g/mol. The molecule has 0 aliphatic carbocycles. The van der Waals surface area contributed by atoms with E-state index in [0.717, 1.165) is 11.3 Å². The van der Waals surface area contributed by atoms with E-state index in [9.17, 15) is 4.79 Å². The Labute approximate surface area is 105 Å². The molecular formula is C11H15ClN2O3. The first-order valence-corrected chi connectivity index (χ1v) is 5.47. The average Bonchev–Trinajstić information content (AvgIpc) is 2.30. The van der Waals surface area contributed by atoms with Crippen molar-refractivity contribution in [3.63, 3.8) is 0 Å². The zero-order valence-electron chi connectivity index (χ0n) is 9.53. The summed E-state index contributed by atoms with van der Waals surface area (Å²) in [4.78, 5) is 10.3. The predicted octanol–water partition coefficient (Wildman–Crippen LogP) is 1.53. The smallest absolute Gasteiger partial charge is 0.404 e. The predicted molar refractivity (Wildman–Crippen MR) is 65.2 cm³/mol. The van der Waals surface area contributed by atoms with Crippen molar-refractivity contribution in [2.45, 2.75) is 6.54 Å². The molecule has 1 aromatic rings. The molecule has 17 heavy (non-hydrogen) atoms. The van der Waals surface area contributed by atoms with Crippen LogP contribution in [0.4, 0.5) is 4.79 Å². The summed E-state index contributed by atoms with van der Waals surface area (Å²) in [6.07, 6.45) is -0.776. The molecule has 6 heteroatoms. The Balaban J connectivity index is 2.43. The van der Waals surface area contributed by atoms with Crippen LogP contribution in [0.3, 0.4) is 0 Å². The molecule has 0 fully saturated rings. The van der Waals surface area contributed by atoms with Gasteiger partial charge in [-0.15, -0.1) is 0 Å². The third-order valence-electron chi connectivity index (χ3n) is 2.12. The van der Waals surface area contributed by atoms with Gasteiger partial charge in [0.2, 0.25) is 0 Å². The van der Waals surface area contributed by atoms with Crippen LogP contribution in [-0.4, -0.2) is 26.4 Å². The van der Waals surface area contributed by atoms with E-state index in [2.05, 4.69) is 10.1 Å². The number of rotatable bonds is 6. The Bertz CT molecular complexity index is 385. The molecule has 1 aromatic carbocycles. The highest BCUT2D eigenvalue weighted by molar-refractivity contribution is 6.31. The number of nitrogens with two attached hydrogens (primary N) is 1. The number of hydrogen-bond donors (Lipinski definition) is 2. The minimum absolute atomic E-state index is 0.224. The van der Waals surface area contributed by atoms with E-state index in [4.69, 9.17) is 22.1 Å². The summed E-state index contributed by atoms with van der Waals surface area (Å²) in [6, 6.07) is 5.45. The summed E-state index contributed by atoms with van der Waals surface area (Å²) in [5.74, 6) is 0.723. The van der Waals surface area contributed by atoms with E-state index in [1.165, 1.54) is 0 Å². The van der Waals surface area contributed by atoms with Crippen molar-refractivity contribution < 1.29 is 14.3 Å². The number of halogens is 1. The summed E-state index contributed by atoms with van der Waals surface area (Å²) in [5.41, 5.74) is 5.70. The molecule has 1 rings (SSSR count). The monoisotopic (exact) mass is 258 g/mol. The number of primary amides is 1. The van der Waals surface area contributed by atoms with E-state index >= 15 is 0 Å². The molecule has 0 bridgehead atoms. The third kappa shape index (κ3) is 4.50. The van der Waals surface area contributed by atoms with Crippen molar-refractivity contribution in [3.05, 3.63) is 28.8 Å². The van der Waals surface area contributed by atoms with Gasteiger partial charge in [0.15, 0.2) is 0 Å². The van der Waals surface area contributed by atoms with Crippen molar-refractivity contribution >= 4 is 17.7 Å². The molecule has 0 spiro atoms. The number of carbonyl (C=O) groups is 1. The number of nitrogens with one attached hydrogen (secondary N) is 1. The minimum atomic E-state index is -0.776. The van der Waals surface area contributed by atoms with Gasteiger partial charge in [0, 0.05) is 23.7 Å². The van der Waals surface area contributed by atoms with Crippen LogP contribution in [0.15, 0.2) is 18.2 Å². The Morgan fingerprint density at radius 3 is 2.94 bits per heavy atom. The highest BCUT2D eigenvalue weighted by Crippen LogP contribution is 2.25. The van der Waals surface area contributed by atoms with Gasteiger partial charge in [0.25, 0.3) is 0 Å². The maximum absolute atomic E-state index is 10.3. The Morgan fingerprint density at radius 1 is 1.53 bits per heavy atom. The summed E-state index contributed by atoms with van der Waals surface area (Å²) in [5, 5.41) is 3.71. The van der Waals surface area contributed by atoms with Crippen LogP contribution in [0.2, 0.25) is 5.02 Å². The molecule has 0 radical (unpaired) electrons. The van der Waals surface area contributed by atoms with Gasteiger partial charge >= 0.3 is 6.09 Å². The Kier molecular flexibility index (Phi) is 5.59. The quantitative estimate of drug-likeness (QED) is 0.759. The number of hydrogen-bond acceptors (Lipinski definition) is 4. The normalized spacial score (nSPS) is 10.0. The SMILES string of the molecule is COc1cccc(Cl)c1CNCCOC(N)=O. The van der Waals surface area contributed by atoms with E-state index in [-0.39, 0.29) is 6.61 Å². The van der Waals surface area contributed by atoms with Gasteiger partial charge < -0.3 is 20.5 Å². The lowest BCUT2D eigenvalue weighted by molar-refractivity contribution is 0.157. The molecule has 0 unspecified atom stereocenters. The van der Waals surface area contributed by atoms with E-state index in [0.29, 0.717) is 18.1 Å². The zero-order chi connectivity index (χ0) is 12.7. The van der Waals surface area contributed by atoms with Crippen molar-refractivity contribution in [1.82, 2.24) is 5.32 Å². The summed E-state index contributed by atoms with van der Waals surface area (Å²) in [7, 11) is 1.59. The molecule has 0 saturated heterocycles. The van der Waals surface area contributed by atoms with E-state index in [1.807, 2.05) is 12.1 Å². The molecule has 3 N–H and O–H groups in total. The van der Waals surface area contributed by atoms with Crippen LogP contribution < -0.4 is 15.8 Å². The topological polar surface area (TPSA) is 73.6 Å². The zero-order valence-corrected chi connectivity index (χ0v) is 10.3. The minimum Gasteiger partial charge on any atom is -0.496 e. The maximum atomic E-state index is 10.3. The van der Waals surface area contributed by atoms with Gasteiger partial charge in [-0.05, 0) is 12.1 Å². The Morgan fingerprint density at radius 2 is 2.29 bits per heavy atom.